The van der Waals surface area contributed by atoms with Crippen LogP contribution in [-0.2, 0) is 9.59 Å². The number of nitrogens with zero attached hydrogens (tertiary/aromatic N) is 1. The summed E-state index contributed by atoms with van der Waals surface area (Å²) in [5.41, 5.74) is 0.00458. The molecule has 5 heteroatoms. The molecular formula is C15H19FN2O2. The third-order valence-electron chi connectivity index (χ3n) is 3.49. The summed E-state index contributed by atoms with van der Waals surface area (Å²) in [6, 6.07) is 4.48. The Kier molecular flexibility index (Phi) is 3.54. The lowest BCUT2D eigenvalue weighted by molar-refractivity contribution is -0.136. The van der Waals surface area contributed by atoms with Crippen LogP contribution in [0.15, 0.2) is 24.3 Å². The van der Waals surface area contributed by atoms with Crippen molar-refractivity contribution in [3.8, 4) is 0 Å². The molecule has 2 amide bonds. The minimum Gasteiger partial charge on any atom is -0.342 e. The molecule has 0 radical (unpaired) electrons. The average Bonchev–Trinajstić information content (AvgIpc) is 2.33. The van der Waals surface area contributed by atoms with E-state index in [2.05, 4.69) is 5.32 Å². The van der Waals surface area contributed by atoms with Crippen LogP contribution in [0.2, 0.25) is 0 Å². The fourth-order valence-corrected chi connectivity index (χ4v) is 2.34. The average molecular weight is 278 g/mol. The van der Waals surface area contributed by atoms with E-state index >= 15 is 0 Å². The molecule has 2 unspecified atom stereocenters. The highest BCUT2D eigenvalue weighted by Crippen LogP contribution is 2.28. The minimum absolute atomic E-state index is 0.213. The summed E-state index contributed by atoms with van der Waals surface area (Å²) in [5, 5.41) is 2.75. The molecule has 1 N–H and O–H groups in total. The first-order valence-corrected chi connectivity index (χ1v) is 6.61. The maximum absolute atomic E-state index is 13.4. The molecule has 2 atom stereocenters. The fourth-order valence-electron chi connectivity index (χ4n) is 2.34. The third-order valence-corrected chi connectivity index (χ3v) is 3.49. The lowest BCUT2D eigenvalue weighted by atomic mass is 9.84. The maximum Gasteiger partial charge on any atom is 0.250 e. The molecule has 0 saturated carbocycles. The molecular weight excluding hydrogens is 259 g/mol. The first-order chi connectivity index (χ1) is 9.21. The number of hydrogen-bond acceptors (Lipinski definition) is 2. The molecule has 0 aliphatic carbocycles. The van der Waals surface area contributed by atoms with Gasteiger partial charge in [-0.3, -0.25) is 14.5 Å². The summed E-state index contributed by atoms with van der Waals surface area (Å²) < 4.78 is 13.4. The normalized spacial score (nSPS) is 23.8. The summed E-state index contributed by atoms with van der Waals surface area (Å²) in [6.07, 6.45) is 0. The molecule has 4 nitrogen and oxygen atoms in total. The van der Waals surface area contributed by atoms with Crippen molar-refractivity contribution in [1.29, 1.82) is 0 Å². The zero-order valence-corrected chi connectivity index (χ0v) is 12.1. The van der Waals surface area contributed by atoms with Crippen molar-refractivity contribution < 1.29 is 14.0 Å². The Balaban J connectivity index is 2.44. The first kappa shape index (κ1) is 14.5. The molecule has 0 aromatic heterocycles. The quantitative estimate of drug-likeness (QED) is 0.855. The van der Waals surface area contributed by atoms with Gasteiger partial charge in [0, 0.05) is 5.69 Å². The summed E-state index contributed by atoms with van der Waals surface area (Å²) in [5.74, 6) is -0.871. The number of hydrogen-bond donors (Lipinski definition) is 1. The Labute approximate surface area is 118 Å². The molecule has 1 aromatic carbocycles. The van der Waals surface area contributed by atoms with Crippen LogP contribution in [0.1, 0.15) is 27.7 Å². The van der Waals surface area contributed by atoms with Gasteiger partial charge in [-0.1, -0.05) is 26.8 Å². The van der Waals surface area contributed by atoms with Crippen LogP contribution in [0.5, 0.6) is 0 Å². The van der Waals surface area contributed by atoms with Gasteiger partial charge in [0.2, 0.25) is 5.91 Å². The smallest absolute Gasteiger partial charge is 0.250 e. The van der Waals surface area contributed by atoms with Crippen molar-refractivity contribution in [2.24, 2.45) is 5.41 Å². The van der Waals surface area contributed by atoms with E-state index in [4.69, 9.17) is 0 Å². The molecule has 1 aromatic rings. The second-order valence-corrected chi connectivity index (χ2v) is 6.17. The van der Waals surface area contributed by atoms with Crippen molar-refractivity contribution in [3.05, 3.63) is 30.1 Å². The Morgan fingerprint density at radius 2 is 1.90 bits per heavy atom. The summed E-state index contributed by atoms with van der Waals surface area (Å²) in [6.45, 7) is 7.29. The van der Waals surface area contributed by atoms with Crippen LogP contribution in [0.4, 0.5) is 10.1 Å². The molecule has 2 rings (SSSR count). The van der Waals surface area contributed by atoms with Gasteiger partial charge in [0.15, 0.2) is 0 Å². The van der Waals surface area contributed by atoms with Gasteiger partial charge in [-0.2, -0.15) is 0 Å². The van der Waals surface area contributed by atoms with Crippen LogP contribution in [0.25, 0.3) is 0 Å². The summed E-state index contributed by atoms with van der Waals surface area (Å²) >= 11 is 0. The van der Waals surface area contributed by atoms with Crippen LogP contribution in [-0.4, -0.2) is 23.9 Å². The van der Waals surface area contributed by atoms with Crippen LogP contribution in [0, 0.1) is 11.2 Å². The van der Waals surface area contributed by atoms with Gasteiger partial charge in [-0.05, 0) is 30.5 Å². The molecule has 1 saturated heterocycles. The van der Waals surface area contributed by atoms with E-state index in [1.807, 2.05) is 20.8 Å². The molecule has 20 heavy (non-hydrogen) atoms. The third kappa shape index (κ3) is 2.53. The van der Waals surface area contributed by atoms with Gasteiger partial charge in [0.1, 0.15) is 17.9 Å². The van der Waals surface area contributed by atoms with Crippen LogP contribution in [0.3, 0.4) is 0 Å². The van der Waals surface area contributed by atoms with Crippen molar-refractivity contribution in [1.82, 2.24) is 5.32 Å². The fraction of sp³-hybridized carbons (Fsp3) is 0.467. The molecule has 1 aliphatic heterocycles. The Morgan fingerprint density at radius 3 is 2.45 bits per heavy atom. The van der Waals surface area contributed by atoms with E-state index in [0.29, 0.717) is 5.69 Å². The lowest BCUT2D eigenvalue weighted by Crippen LogP contribution is -2.66. The lowest BCUT2D eigenvalue weighted by Gasteiger charge is -2.42. The van der Waals surface area contributed by atoms with Crippen molar-refractivity contribution in [2.75, 3.05) is 4.90 Å². The largest absolute Gasteiger partial charge is 0.342 e. The van der Waals surface area contributed by atoms with E-state index in [0.717, 1.165) is 0 Å². The molecule has 0 spiro atoms. The van der Waals surface area contributed by atoms with Crippen LogP contribution < -0.4 is 10.2 Å². The number of amides is 2. The zero-order chi connectivity index (χ0) is 15.1. The SMILES string of the molecule is CC1C(=O)NC(C(C)(C)C)C(=O)N1c1cccc(F)c1. The summed E-state index contributed by atoms with van der Waals surface area (Å²) in [7, 11) is 0. The second-order valence-electron chi connectivity index (χ2n) is 6.17. The number of benzene rings is 1. The topological polar surface area (TPSA) is 49.4 Å². The number of anilines is 1. The van der Waals surface area contributed by atoms with Gasteiger partial charge < -0.3 is 5.32 Å². The highest BCUT2D eigenvalue weighted by Gasteiger charge is 2.44. The van der Waals surface area contributed by atoms with Crippen molar-refractivity contribution in [3.63, 3.8) is 0 Å². The standard InChI is InChI=1S/C15H19FN2O2/c1-9-13(19)17-12(15(2,3)4)14(20)18(9)11-7-5-6-10(16)8-11/h5-9,12H,1-4H3,(H,17,19). The molecule has 108 valence electrons. The van der Waals surface area contributed by atoms with Crippen LogP contribution >= 0.6 is 0 Å². The number of carbonyl (C=O) groups excluding carboxylic acids is 2. The molecule has 1 aliphatic rings. The van der Waals surface area contributed by atoms with E-state index < -0.39 is 23.3 Å². The monoisotopic (exact) mass is 278 g/mol. The number of halogens is 1. The first-order valence-electron chi connectivity index (χ1n) is 6.61. The van der Waals surface area contributed by atoms with E-state index in [9.17, 15) is 14.0 Å². The van der Waals surface area contributed by atoms with Gasteiger partial charge in [-0.15, -0.1) is 0 Å². The predicted octanol–water partition coefficient (Wildman–Crippen LogP) is 2.09. The van der Waals surface area contributed by atoms with Gasteiger partial charge in [0.05, 0.1) is 0 Å². The number of carbonyl (C=O) groups is 2. The molecule has 1 fully saturated rings. The highest BCUT2D eigenvalue weighted by atomic mass is 19.1. The van der Waals surface area contributed by atoms with E-state index in [1.165, 1.54) is 23.1 Å². The minimum atomic E-state index is -0.650. The Morgan fingerprint density at radius 1 is 1.25 bits per heavy atom. The van der Waals surface area contributed by atoms with Gasteiger partial charge in [-0.25, -0.2) is 4.39 Å². The van der Waals surface area contributed by atoms with Gasteiger partial charge >= 0.3 is 0 Å². The number of piperazine rings is 1. The maximum atomic E-state index is 13.4. The Hall–Kier alpha value is -1.91. The highest BCUT2D eigenvalue weighted by molar-refractivity contribution is 6.08. The zero-order valence-electron chi connectivity index (χ0n) is 12.1. The van der Waals surface area contributed by atoms with E-state index in [-0.39, 0.29) is 11.8 Å². The van der Waals surface area contributed by atoms with Crippen molar-refractivity contribution >= 4 is 17.5 Å². The Bertz CT molecular complexity index is 551. The van der Waals surface area contributed by atoms with E-state index in [1.54, 1.807) is 13.0 Å². The molecule has 0 bridgehead atoms. The van der Waals surface area contributed by atoms with Crippen molar-refractivity contribution in [2.45, 2.75) is 39.8 Å². The molecule has 1 heterocycles. The second kappa shape index (κ2) is 4.89. The summed E-state index contributed by atoms with van der Waals surface area (Å²) in [4.78, 5) is 26.1. The number of nitrogens with one attached hydrogen (secondary N) is 1. The number of rotatable bonds is 1. The van der Waals surface area contributed by atoms with Gasteiger partial charge in [0.25, 0.3) is 5.91 Å². The predicted molar refractivity (Wildman–Crippen MR) is 74.7 cm³/mol.